The van der Waals surface area contributed by atoms with Crippen molar-refractivity contribution in [3.8, 4) is 0 Å². The number of carbonyl (C=O) groups is 2. The van der Waals surface area contributed by atoms with Crippen LogP contribution < -0.4 is 0 Å². The Bertz CT molecular complexity index is 386. The summed E-state index contributed by atoms with van der Waals surface area (Å²) in [6, 6.07) is 0.344. The molecule has 1 aliphatic heterocycles. The van der Waals surface area contributed by atoms with Crippen molar-refractivity contribution in [3.63, 3.8) is 0 Å². The van der Waals surface area contributed by atoms with E-state index in [4.69, 9.17) is 9.84 Å². The fraction of sp³-hybridized carbons (Fsp3) is 0.692. The topological polar surface area (TPSA) is 70.1 Å². The zero-order valence-corrected chi connectivity index (χ0v) is 11.2. The Morgan fingerprint density at radius 2 is 2.16 bits per heavy atom. The minimum absolute atomic E-state index is 0.00111. The normalized spacial score (nSPS) is 20.6. The lowest BCUT2D eigenvalue weighted by atomic mass is 9.97. The van der Waals surface area contributed by atoms with Crippen LogP contribution in [0.15, 0.2) is 12.7 Å². The molecule has 6 nitrogen and oxygen atoms in total. The van der Waals surface area contributed by atoms with E-state index in [0.717, 1.165) is 12.8 Å². The van der Waals surface area contributed by atoms with Crippen LogP contribution >= 0.6 is 0 Å². The molecule has 0 bridgehead atoms. The first kappa shape index (κ1) is 13.9. The SMILES string of the molecule is C=CCN(C(=O)N1CC(C)(OCC(=O)O)C1)C1CC1. The molecule has 0 aromatic rings. The number of nitrogens with zero attached hydrogens (tertiary/aromatic N) is 2. The second kappa shape index (κ2) is 5.21. The molecule has 1 aliphatic carbocycles. The van der Waals surface area contributed by atoms with E-state index < -0.39 is 11.6 Å². The summed E-state index contributed by atoms with van der Waals surface area (Å²) >= 11 is 0. The molecule has 0 radical (unpaired) electrons. The number of carboxylic acid groups (broad SMARTS) is 1. The van der Waals surface area contributed by atoms with Crippen molar-refractivity contribution in [3.05, 3.63) is 12.7 Å². The molecule has 0 atom stereocenters. The number of likely N-dealkylation sites (tertiary alicyclic amines) is 1. The van der Waals surface area contributed by atoms with Gasteiger partial charge < -0.3 is 19.6 Å². The Kier molecular flexibility index (Phi) is 3.80. The Balaban J connectivity index is 1.82. The van der Waals surface area contributed by atoms with E-state index >= 15 is 0 Å². The molecule has 19 heavy (non-hydrogen) atoms. The summed E-state index contributed by atoms with van der Waals surface area (Å²) in [6.45, 7) is 6.63. The van der Waals surface area contributed by atoms with Crippen molar-refractivity contribution in [2.75, 3.05) is 26.2 Å². The van der Waals surface area contributed by atoms with Crippen LogP contribution in [-0.4, -0.2) is 64.8 Å². The highest BCUT2D eigenvalue weighted by atomic mass is 16.5. The molecule has 0 aromatic carbocycles. The highest BCUT2D eigenvalue weighted by Gasteiger charge is 2.45. The van der Waals surface area contributed by atoms with Crippen LogP contribution in [0.25, 0.3) is 0 Å². The van der Waals surface area contributed by atoms with Crippen LogP contribution in [0.3, 0.4) is 0 Å². The number of ether oxygens (including phenoxy) is 1. The molecule has 1 heterocycles. The summed E-state index contributed by atoms with van der Waals surface area (Å²) in [4.78, 5) is 26.2. The number of hydrogen-bond acceptors (Lipinski definition) is 3. The lowest BCUT2D eigenvalue weighted by Crippen LogP contribution is -2.65. The van der Waals surface area contributed by atoms with Gasteiger partial charge in [-0.2, -0.15) is 0 Å². The highest BCUT2D eigenvalue weighted by molar-refractivity contribution is 5.76. The maximum atomic E-state index is 12.3. The number of hydrogen-bond donors (Lipinski definition) is 1. The summed E-state index contributed by atoms with van der Waals surface area (Å²) in [5, 5.41) is 8.59. The third-order valence-electron chi connectivity index (χ3n) is 3.42. The molecule has 6 heteroatoms. The number of carboxylic acids is 1. The van der Waals surface area contributed by atoms with Gasteiger partial charge in [0, 0.05) is 12.6 Å². The maximum absolute atomic E-state index is 12.3. The van der Waals surface area contributed by atoms with Crippen molar-refractivity contribution in [1.82, 2.24) is 9.80 Å². The van der Waals surface area contributed by atoms with Crippen molar-refractivity contribution < 1.29 is 19.4 Å². The fourth-order valence-electron chi connectivity index (χ4n) is 2.31. The van der Waals surface area contributed by atoms with E-state index in [2.05, 4.69) is 6.58 Å². The van der Waals surface area contributed by atoms with Crippen LogP contribution in [0.1, 0.15) is 19.8 Å². The van der Waals surface area contributed by atoms with E-state index in [1.165, 1.54) is 0 Å². The van der Waals surface area contributed by atoms with Crippen molar-refractivity contribution in [2.24, 2.45) is 0 Å². The van der Waals surface area contributed by atoms with Gasteiger partial charge in [0.05, 0.1) is 13.1 Å². The lowest BCUT2D eigenvalue weighted by molar-refractivity contribution is -0.160. The Morgan fingerprint density at radius 1 is 1.53 bits per heavy atom. The number of carbonyl (C=O) groups excluding carboxylic acids is 1. The van der Waals surface area contributed by atoms with E-state index in [1.54, 1.807) is 11.0 Å². The van der Waals surface area contributed by atoms with Gasteiger partial charge in [0.2, 0.25) is 0 Å². The summed E-state index contributed by atoms with van der Waals surface area (Å²) in [7, 11) is 0. The van der Waals surface area contributed by atoms with E-state index in [1.807, 2.05) is 11.8 Å². The Hall–Kier alpha value is -1.56. The quantitative estimate of drug-likeness (QED) is 0.728. The minimum atomic E-state index is -0.989. The van der Waals surface area contributed by atoms with Crippen LogP contribution in [0.5, 0.6) is 0 Å². The molecule has 1 saturated carbocycles. The Morgan fingerprint density at radius 3 is 2.63 bits per heavy atom. The molecule has 2 amide bonds. The average molecular weight is 268 g/mol. The van der Waals surface area contributed by atoms with Gasteiger partial charge in [-0.05, 0) is 19.8 Å². The van der Waals surface area contributed by atoms with Gasteiger partial charge in [-0.1, -0.05) is 6.08 Å². The van der Waals surface area contributed by atoms with Gasteiger partial charge >= 0.3 is 12.0 Å². The van der Waals surface area contributed by atoms with Crippen LogP contribution in [0.2, 0.25) is 0 Å². The van der Waals surface area contributed by atoms with Crippen molar-refractivity contribution in [2.45, 2.75) is 31.4 Å². The third kappa shape index (κ3) is 3.26. The smallest absolute Gasteiger partial charge is 0.329 e. The summed E-state index contributed by atoms with van der Waals surface area (Å²) in [6.07, 6.45) is 3.84. The first-order valence-corrected chi connectivity index (χ1v) is 6.47. The minimum Gasteiger partial charge on any atom is -0.480 e. The monoisotopic (exact) mass is 268 g/mol. The summed E-state index contributed by atoms with van der Waals surface area (Å²) in [5.74, 6) is -0.989. The standard InChI is InChI=1S/C13H20N2O4/c1-3-6-15(10-4-5-10)12(18)14-8-13(2,9-14)19-7-11(16)17/h3,10H,1,4-9H2,2H3,(H,16,17). The largest absolute Gasteiger partial charge is 0.480 e. The van der Waals surface area contributed by atoms with E-state index in [9.17, 15) is 9.59 Å². The van der Waals surface area contributed by atoms with E-state index in [-0.39, 0.29) is 12.6 Å². The van der Waals surface area contributed by atoms with Gasteiger partial charge in [0.15, 0.2) is 0 Å². The predicted molar refractivity (Wildman–Crippen MR) is 68.9 cm³/mol. The molecule has 0 unspecified atom stereocenters. The highest BCUT2D eigenvalue weighted by Crippen LogP contribution is 2.31. The first-order chi connectivity index (χ1) is 8.95. The Labute approximate surface area is 112 Å². The molecule has 2 fully saturated rings. The van der Waals surface area contributed by atoms with Crippen molar-refractivity contribution >= 4 is 12.0 Å². The van der Waals surface area contributed by atoms with Gasteiger partial charge in [-0.15, -0.1) is 6.58 Å². The number of urea groups is 1. The molecule has 1 saturated heterocycles. The second-order valence-electron chi connectivity index (χ2n) is 5.44. The van der Waals surface area contributed by atoms with Crippen LogP contribution in [0, 0.1) is 0 Å². The summed E-state index contributed by atoms with van der Waals surface area (Å²) in [5.41, 5.74) is -0.530. The second-order valence-corrected chi connectivity index (χ2v) is 5.44. The van der Waals surface area contributed by atoms with Crippen LogP contribution in [0.4, 0.5) is 4.79 Å². The fourth-order valence-corrected chi connectivity index (χ4v) is 2.31. The lowest BCUT2D eigenvalue weighted by Gasteiger charge is -2.48. The molecule has 2 aliphatic rings. The maximum Gasteiger partial charge on any atom is 0.329 e. The number of amides is 2. The van der Waals surface area contributed by atoms with Gasteiger partial charge in [-0.3, -0.25) is 0 Å². The molecule has 0 spiro atoms. The molecular weight excluding hydrogens is 248 g/mol. The average Bonchev–Trinajstić information content (AvgIpc) is 3.13. The van der Waals surface area contributed by atoms with Crippen molar-refractivity contribution in [1.29, 1.82) is 0 Å². The molecule has 1 N–H and O–H groups in total. The number of aliphatic carboxylic acids is 1. The molecular formula is C13H20N2O4. The zero-order chi connectivity index (χ0) is 14.0. The van der Waals surface area contributed by atoms with Gasteiger partial charge in [0.1, 0.15) is 12.2 Å². The van der Waals surface area contributed by atoms with Gasteiger partial charge in [0.25, 0.3) is 0 Å². The molecule has 106 valence electrons. The molecule has 2 rings (SSSR count). The van der Waals surface area contributed by atoms with E-state index in [0.29, 0.717) is 25.7 Å². The van der Waals surface area contributed by atoms with Gasteiger partial charge in [-0.25, -0.2) is 9.59 Å². The first-order valence-electron chi connectivity index (χ1n) is 6.47. The van der Waals surface area contributed by atoms with Crippen LogP contribution in [-0.2, 0) is 9.53 Å². The molecule has 0 aromatic heterocycles. The predicted octanol–water partition coefficient (Wildman–Crippen LogP) is 0.932. The summed E-state index contributed by atoms with van der Waals surface area (Å²) < 4.78 is 5.29. The zero-order valence-electron chi connectivity index (χ0n) is 11.2. The third-order valence-corrected chi connectivity index (χ3v) is 3.42. The number of rotatable bonds is 6.